The Balaban J connectivity index is 1.79. The van der Waals surface area contributed by atoms with Crippen molar-refractivity contribution in [3.63, 3.8) is 0 Å². The summed E-state index contributed by atoms with van der Waals surface area (Å²) in [7, 11) is 0. The summed E-state index contributed by atoms with van der Waals surface area (Å²) in [6, 6.07) is 0.332. The van der Waals surface area contributed by atoms with Crippen LogP contribution in [0.4, 0.5) is 0 Å². The Morgan fingerprint density at radius 1 is 1.47 bits per heavy atom. The van der Waals surface area contributed by atoms with Gasteiger partial charge in [-0.2, -0.15) is 0 Å². The lowest BCUT2D eigenvalue weighted by Crippen LogP contribution is -2.52. The Morgan fingerprint density at radius 2 is 2.07 bits per heavy atom. The molecule has 2 rings (SSSR count). The number of Topliss-reactive ketones (excluding diaryl/α,β-unsaturated/α-hetero) is 1. The van der Waals surface area contributed by atoms with E-state index in [0.29, 0.717) is 31.6 Å². The first-order valence-electron chi connectivity index (χ1n) is 5.69. The van der Waals surface area contributed by atoms with Crippen molar-refractivity contribution in [2.24, 2.45) is 11.1 Å². The smallest absolute Gasteiger partial charge is 0.157 e. The van der Waals surface area contributed by atoms with Crippen molar-refractivity contribution in [2.45, 2.75) is 25.8 Å². The quantitative estimate of drug-likeness (QED) is 0.716. The molecule has 2 heterocycles. The molecule has 15 heavy (non-hydrogen) atoms. The molecule has 0 atom stereocenters. The maximum atomic E-state index is 11.9. The summed E-state index contributed by atoms with van der Waals surface area (Å²) in [6.45, 7) is 5.69. The number of carbonyl (C=O) groups is 1. The molecule has 2 aliphatic heterocycles. The van der Waals surface area contributed by atoms with Crippen LogP contribution in [0.2, 0.25) is 0 Å². The maximum Gasteiger partial charge on any atom is 0.157 e. The van der Waals surface area contributed by atoms with E-state index in [4.69, 9.17) is 10.5 Å². The fourth-order valence-electron chi connectivity index (χ4n) is 2.07. The van der Waals surface area contributed by atoms with Crippen LogP contribution in [0.25, 0.3) is 0 Å². The van der Waals surface area contributed by atoms with E-state index in [1.165, 1.54) is 0 Å². The lowest BCUT2D eigenvalue weighted by molar-refractivity contribution is -0.156. The highest BCUT2D eigenvalue weighted by molar-refractivity contribution is 5.87. The molecule has 0 amide bonds. The summed E-state index contributed by atoms with van der Waals surface area (Å²) in [4.78, 5) is 14.2. The van der Waals surface area contributed by atoms with Crippen LogP contribution in [0, 0.1) is 5.41 Å². The van der Waals surface area contributed by atoms with Gasteiger partial charge in [0.15, 0.2) is 5.78 Å². The van der Waals surface area contributed by atoms with Crippen molar-refractivity contribution in [3.8, 4) is 0 Å². The van der Waals surface area contributed by atoms with Gasteiger partial charge in [-0.1, -0.05) is 0 Å². The summed E-state index contributed by atoms with van der Waals surface area (Å²) >= 11 is 0. The topological polar surface area (TPSA) is 55.6 Å². The molecular formula is C11H20N2O2. The molecule has 2 N–H and O–H groups in total. The standard InChI is InChI=1S/C11H20N2O2/c1-11(7-15-8-11)10(14)6-13-4-2-9(12)3-5-13/h9H,2-8,12H2,1H3. The first-order valence-corrected chi connectivity index (χ1v) is 5.69. The molecule has 0 aromatic carbocycles. The number of hydrogen-bond acceptors (Lipinski definition) is 4. The summed E-state index contributed by atoms with van der Waals surface area (Å²) in [5, 5.41) is 0. The Morgan fingerprint density at radius 3 is 2.53 bits per heavy atom. The van der Waals surface area contributed by atoms with E-state index >= 15 is 0 Å². The van der Waals surface area contributed by atoms with Crippen molar-refractivity contribution in [1.82, 2.24) is 4.90 Å². The van der Waals surface area contributed by atoms with Gasteiger partial charge in [-0.3, -0.25) is 9.69 Å². The van der Waals surface area contributed by atoms with Gasteiger partial charge in [0.25, 0.3) is 0 Å². The number of carbonyl (C=O) groups excluding carboxylic acids is 1. The second-order valence-corrected chi connectivity index (χ2v) is 5.09. The van der Waals surface area contributed by atoms with E-state index in [-0.39, 0.29) is 5.41 Å². The lowest BCUT2D eigenvalue weighted by Gasteiger charge is -2.39. The summed E-state index contributed by atoms with van der Waals surface area (Å²) < 4.78 is 5.11. The van der Waals surface area contributed by atoms with Crippen molar-refractivity contribution in [3.05, 3.63) is 0 Å². The SMILES string of the molecule is CC1(C(=O)CN2CCC(N)CC2)COC1. The second-order valence-electron chi connectivity index (χ2n) is 5.09. The Hall–Kier alpha value is -0.450. The fourth-order valence-corrected chi connectivity index (χ4v) is 2.07. The molecule has 4 heteroatoms. The molecule has 0 aromatic rings. The van der Waals surface area contributed by atoms with E-state index in [9.17, 15) is 4.79 Å². The third kappa shape index (κ3) is 2.38. The third-order valence-electron chi connectivity index (χ3n) is 3.51. The average Bonchev–Trinajstić information content (AvgIpc) is 2.18. The molecule has 0 unspecified atom stereocenters. The largest absolute Gasteiger partial charge is 0.379 e. The van der Waals surface area contributed by atoms with Crippen LogP contribution in [-0.4, -0.2) is 49.6 Å². The summed E-state index contributed by atoms with van der Waals surface area (Å²) in [6.07, 6.45) is 2.03. The number of ether oxygens (including phenoxy) is 1. The van der Waals surface area contributed by atoms with E-state index in [1.807, 2.05) is 6.92 Å². The monoisotopic (exact) mass is 212 g/mol. The summed E-state index contributed by atoms with van der Waals surface area (Å²) in [5.41, 5.74) is 5.61. The van der Waals surface area contributed by atoms with E-state index in [1.54, 1.807) is 0 Å². The second kappa shape index (κ2) is 4.20. The minimum atomic E-state index is -0.209. The molecule has 2 aliphatic rings. The molecule has 0 radical (unpaired) electrons. The number of nitrogens with two attached hydrogens (primary N) is 1. The molecule has 0 aliphatic carbocycles. The number of hydrogen-bond donors (Lipinski definition) is 1. The molecule has 0 spiro atoms. The predicted octanol–water partition coefficient (Wildman–Crippen LogP) is 0.0151. The van der Waals surface area contributed by atoms with Gasteiger partial charge < -0.3 is 10.5 Å². The normalized spacial score (nSPS) is 27.3. The summed E-state index contributed by atoms with van der Waals surface area (Å²) in [5.74, 6) is 0.323. The molecular weight excluding hydrogens is 192 g/mol. The molecule has 0 aromatic heterocycles. The Labute approximate surface area is 90.8 Å². The van der Waals surface area contributed by atoms with E-state index in [2.05, 4.69) is 4.90 Å². The minimum absolute atomic E-state index is 0.209. The van der Waals surface area contributed by atoms with Crippen molar-refractivity contribution >= 4 is 5.78 Å². The van der Waals surface area contributed by atoms with Gasteiger partial charge in [0.2, 0.25) is 0 Å². The maximum absolute atomic E-state index is 11.9. The number of piperidine rings is 1. The van der Waals surface area contributed by atoms with Gasteiger partial charge in [0.05, 0.1) is 25.2 Å². The van der Waals surface area contributed by atoms with Crippen LogP contribution in [0.3, 0.4) is 0 Å². The van der Waals surface area contributed by atoms with Crippen molar-refractivity contribution < 1.29 is 9.53 Å². The third-order valence-corrected chi connectivity index (χ3v) is 3.51. The first kappa shape index (κ1) is 11.0. The number of nitrogens with zero attached hydrogens (tertiary/aromatic N) is 1. The Kier molecular flexibility index (Phi) is 3.09. The predicted molar refractivity (Wildman–Crippen MR) is 57.6 cm³/mol. The molecule has 0 saturated carbocycles. The molecule has 86 valence electrons. The number of ketones is 1. The first-order chi connectivity index (χ1) is 7.10. The zero-order valence-electron chi connectivity index (χ0n) is 9.37. The van der Waals surface area contributed by atoms with Gasteiger partial charge in [-0.25, -0.2) is 0 Å². The van der Waals surface area contributed by atoms with Crippen LogP contribution in [0.15, 0.2) is 0 Å². The van der Waals surface area contributed by atoms with Crippen molar-refractivity contribution in [1.29, 1.82) is 0 Å². The van der Waals surface area contributed by atoms with Gasteiger partial charge in [0, 0.05) is 19.1 Å². The van der Waals surface area contributed by atoms with Crippen LogP contribution in [-0.2, 0) is 9.53 Å². The zero-order valence-corrected chi connectivity index (χ0v) is 9.37. The fraction of sp³-hybridized carbons (Fsp3) is 0.909. The van der Waals surface area contributed by atoms with Gasteiger partial charge in [-0.05, 0) is 19.8 Å². The minimum Gasteiger partial charge on any atom is -0.379 e. The molecule has 4 nitrogen and oxygen atoms in total. The number of likely N-dealkylation sites (tertiary alicyclic amines) is 1. The van der Waals surface area contributed by atoms with E-state index < -0.39 is 0 Å². The van der Waals surface area contributed by atoms with Crippen LogP contribution in [0.5, 0.6) is 0 Å². The van der Waals surface area contributed by atoms with Crippen LogP contribution in [0.1, 0.15) is 19.8 Å². The highest BCUT2D eigenvalue weighted by Gasteiger charge is 2.41. The van der Waals surface area contributed by atoms with Gasteiger partial charge >= 0.3 is 0 Å². The van der Waals surface area contributed by atoms with E-state index in [0.717, 1.165) is 25.9 Å². The molecule has 2 saturated heterocycles. The van der Waals surface area contributed by atoms with Crippen LogP contribution >= 0.6 is 0 Å². The lowest BCUT2D eigenvalue weighted by atomic mass is 9.83. The zero-order chi connectivity index (χ0) is 10.9. The molecule has 0 bridgehead atoms. The molecule has 2 fully saturated rings. The Bertz CT molecular complexity index is 243. The highest BCUT2D eigenvalue weighted by Crippen LogP contribution is 2.28. The number of rotatable bonds is 3. The average molecular weight is 212 g/mol. The van der Waals surface area contributed by atoms with Crippen LogP contribution < -0.4 is 5.73 Å². The van der Waals surface area contributed by atoms with Crippen molar-refractivity contribution in [2.75, 3.05) is 32.8 Å². The van der Waals surface area contributed by atoms with Gasteiger partial charge in [-0.15, -0.1) is 0 Å². The highest BCUT2D eigenvalue weighted by atomic mass is 16.5. The van der Waals surface area contributed by atoms with Gasteiger partial charge in [0.1, 0.15) is 0 Å².